The van der Waals surface area contributed by atoms with E-state index in [1.807, 2.05) is 54.6 Å². The van der Waals surface area contributed by atoms with Crippen LogP contribution in [0.3, 0.4) is 0 Å². The van der Waals surface area contributed by atoms with Crippen LogP contribution in [0.1, 0.15) is 75.6 Å². The summed E-state index contributed by atoms with van der Waals surface area (Å²) in [4.78, 5) is 25.4. The number of nitrogens with zero attached hydrogens (tertiary/aromatic N) is 1. The van der Waals surface area contributed by atoms with E-state index < -0.39 is 17.7 Å². The molecule has 1 aliphatic rings. The molecule has 0 bridgehead atoms. The Labute approximate surface area is 249 Å². The van der Waals surface area contributed by atoms with Crippen molar-refractivity contribution < 1.29 is 28.4 Å². The number of carbonyl (C=O) groups is 2. The predicted octanol–water partition coefficient (Wildman–Crippen LogP) is 6.83. The van der Waals surface area contributed by atoms with Crippen molar-refractivity contribution in [3.8, 4) is 0 Å². The molecule has 6 rings (SSSR count). The van der Waals surface area contributed by atoms with E-state index >= 15 is 0 Å². The van der Waals surface area contributed by atoms with E-state index in [2.05, 4.69) is 42.5 Å². The molecule has 8 heteroatoms. The number of aliphatic carboxylic acids is 1. The van der Waals surface area contributed by atoms with Gasteiger partial charge < -0.3 is 24.1 Å². The average Bonchev–Trinajstić information content (AvgIpc) is 3.54. The van der Waals surface area contributed by atoms with Crippen molar-refractivity contribution in [2.75, 3.05) is 0 Å². The molecule has 0 spiro atoms. The van der Waals surface area contributed by atoms with Crippen molar-refractivity contribution in [1.82, 2.24) is 10.5 Å². The van der Waals surface area contributed by atoms with E-state index in [9.17, 15) is 14.7 Å². The molecular weight excluding hydrogens is 544 g/mol. The number of rotatable bonds is 10. The van der Waals surface area contributed by atoms with Gasteiger partial charge in [-0.15, -0.1) is 0 Å². The van der Waals surface area contributed by atoms with Crippen molar-refractivity contribution >= 4 is 22.8 Å². The zero-order valence-corrected chi connectivity index (χ0v) is 24.6. The molecule has 5 aromatic rings. The van der Waals surface area contributed by atoms with Gasteiger partial charge in [0.2, 0.25) is 5.91 Å². The monoisotopic (exact) mass is 578 g/mol. The lowest BCUT2D eigenvalue weighted by atomic mass is 9.93. The standard InChI is InChI=1S/C35H34N2O6/c1-20-10-12-27(21(2)16-20)32(25-8-6-5-7-9-25)36-30(38)18-24-11-13-28-26(17-24)19-29(41-28)33(31-22(3)37-43-23(31)4)42-35(14-15-35)34(39)40/h5-13,16-17,19,32-33H,14-15,18H2,1-4H3,(H,36,38)(H,39,40)/t32-,33+/m0/s1. The Hall–Kier alpha value is -4.69. The van der Waals surface area contributed by atoms with Gasteiger partial charge in [0.25, 0.3) is 0 Å². The van der Waals surface area contributed by atoms with Gasteiger partial charge >= 0.3 is 5.97 Å². The number of amides is 1. The van der Waals surface area contributed by atoms with Gasteiger partial charge in [-0.05, 0) is 81.0 Å². The molecule has 2 heterocycles. The van der Waals surface area contributed by atoms with Crippen LogP contribution >= 0.6 is 0 Å². The number of carboxylic acids is 1. The maximum atomic E-state index is 13.4. The third-order valence-electron chi connectivity index (χ3n) is 8.19. The maximum Gasteiger partial charge on any atom is 0.336 e. The molecule has 2 atom stereocenters. The van der Waals surface area contributed by atoms with E-state index in [-0.39, 0.29) is 18.4 Å². The summed E-state index contributed by atoms with van der Waals surface area (Å²) in [5.74, 6) is -0.106. The smallest absolute Gasteiger partial charge is 0.336 e. The Morgan fingerprint density at radius 3 is 2.42 bits per heavy atom. The largest absolute Gasteiger partial charge is 0.479 e. The Morgan fingerprint density at radius 1 is 1.00 bits per heavy atom. The number of ether oxygens (including phenoxy) is 1. The number of hydrogen-bond donors (Lipinski definition) is 2. The molecule has 1 fully saturated rings. The summed E-state index contributed by atoms with van der Waals surface area (Å²) < 4.78 is 17.8. The SMILES string of the molecule is Cc1ccc([C@@H](NC(=O)Cc2ccc3oc([C@@H](OC4(C(=O)O)CC4)c4c(C)noc4C)cc3c2)c2ccccc2)c(C)c1. The summed E-state index contributed by atoms with van der Waals surface area (Å²) in [6, 6.07) is 23.4. The second kappa shape index (κ2) is 11.2. The van der Waals surface area contributed by atoms with Gasteiger partial charge in [-0.3, -0.25) is 4.79 Å². The van der Waals surface area contributed by atoms with Gasteiger partial charge in [-0.1, -0.05) is 65.3 Å². The van der Waals surface area contributed by atoms with E-state index in [1.54, 1.807) is 13.8 Å². The Kier molecular flexibility index (Phi) is 7.40. The fourth-order valence-electron chi connectivity index (χ4n) is 5.73. The lowest BCUT2D eigenvalue weighted by Crippen LogP contribution is -2.31. The molecule has 0 aliphatic heterocycles. The van der Waals surface area contributed by atoms with Crippen LogP contribution in [0.2, 0.25) is 0 Å². The van der Waals surface area contributed by atoms with E-state index in [1.165, 1.54) is 5.56 Å². The highest BCUT2D eigenvalue weighted by Gasteiger charge is 2.54. The van der Waals surface area contributed by atoms with Crippen LogP contribution in [0.5, 0.6) is 0 Å². The first-order valence-electron chi connectivity index (χ1n) is 14.4. The average molecular weight is 579 g/mol. The molecule has 1 amide bonds. The quantitative estimate of drug-likeness (QED) is 0.187. The van der Waals surface area contributed by atoms with Crippen LogP contribution in [0, 0.1) is 27.7 Å². The molecule has 0 saturated heterocycles. The van der Waals surface area contributed by atoms with Gasteiger partial charge in [-0.25, -0.2) is 4.79 Å². The van der Waals surface area contributed by atoms with Gasteiger partial charge in [-0.2, -0.15) is 0 Å². The number of nitrogens with one attached hydrogen (secondary N) is 1. The fourth-order valence-corrected chi connectivity index (χ4v) is 5.73. The summed E-state index contributed by atoms with van der Waals surface area (Å²) in [6.07, 6.45) is 0.228. The zero-order chi connectivity index (χ0) is 30.3. The fraction of sp³-hybridized carbons (Fsp3) is 0.286. The minimum Gasteiger partial charge on any atom is -0.479 e. The first-order valence-corrected chi connectivity index (χ1v) is 14.4. The van der Waals surface area contributed by atoms with E-state index in [0.29, 0.717) is 41.2 Å². The number of carboxylic acid groups (broad SMARTS) is 1. The number of fused-ring (bicyclic) bond motifs is 1. The molecule has 43 heavy (non-hydrogen) atoms. The molecular formula is C35H34N2O6. The van der Waals surface area contributed by atoms with E-state index in [0.717, 1.165) is 27.6 Å². The number of carbonyl (C=O) groups excluding carboxylic acids is 1. The number of aromatic nitrogens is 1. The molecule has 3 aromatic carbocycles. The van der Waals surface area contributed by atoms with Crippen molar-refractivity contribution in [2.24, 2.45) is 0 Å². The highest BCUT2D eigenvalue weighted by molar-refractivity contribution is 5.84. The molecule has 2 aromatic heterocycles. The second-order valence-corrected chi connectivity index (χ2v) is 11.5. The summed E-state index contributed by atoms with van der Waals surface area (Å²) in [5, 5.41) is 17.9. The van der Waals surface area contributed by atoms with Gasteiger partial charge in [0.1, 0.15) is 23.2 Å². The number of hydrogen-bond acceptors (Lipinski definition) is 6. The Bertz CT molecular complexity index is 1800. The minimum absolute atomic E-state index is 0.106. The highest BCUT2D eigenvalue weighted by atomic mass is 16.6. The topological polar surface area (TPSA) is 115 Å². The van der Waals surface area contributed by atoms with Gasteiger partial charge in [0.15, 0.2) is 5.60 Å². The molecule has 2 N–H and O–H groups in total. The third-order valence-corrected chi connectivity index (χ3v) is 8.19. The molecule has 220 valence electrons. The van der Waals surface area contributed by atoms with Gasteiger partial charge in [0.05, 0.1) is 23.7 Å². The number of aryl methyl sites for hydroxylation is 4. The number of furan rings is 1. The lowest BCUT2D eigenvalue weighted by Gasteiger charge is -2.22. The van der Waals surface area contributed by atoms with Crippen LogP contribution in [0.25, 0.3) is 11.0 Å². The van der Waals surface area contributed by atoms with Crippen molar-refractivity contribution in [3.05, 3.63) is 123 Å². The van der Waals surface area contributed by atoms with Crippen LogP contribution in [0.4, 0.5) is 0 Å². The zero-order valence-electron chi connectivity index (χ0n) is 24.6. The molecule has 0 unspecified atom stereocenters. The first kappa shape index (κ1) is 28.4. The van der Waals surface area contributed by atoms with Crippen LogP contribution in [-0.2, 0) is 20.7 Å². The second-order valence-electron chi connectivity index (χ2n) is 11.5. The molecule has 8 nitrogen and oxygen atoms in total. The highest BCUT2D eigenvalue weighted by Crippen LogP contribution is 2.47. The van der Waals surface area contributed by atoms with Gasteiger partial charge in [0, 0.05) is 5.39 Å². The lowest BCUT2D eigenvalue weighted by molar-refractivity contribution is -0.157. The third kappa shape index (κ3) is 5.70. The van der Waals surface area contributed by atoms with Crippen molar-refractivity contribution in [1.29, 1.82) is 0 Å². The summed E-state index contributed by atoms with van der Waals surface area (Å²) in [5.41, 5.74) is 5.80. The summed E-state index contributed by atoms with van der Waals surface area (Å²) in [7, 11) is 0. The van der Waals surface area contributed by atoms with E-state index in [4.69, 9.17) is 13.7 Å². The summed E-state index contributed by atoms with van der Waals surface area (Å²) in [6.45, 7) is 7.69. The first-order chi connectivity index (χ1) is 20.6. The van der Waals surface area contributed by atoms with Crippen molar-refractivity contribution in [3.63, 3.8) is 0 Å². The van der Waals surface area contributed by atoms with Crippen LogP contribution in [-0.4, -0.2) is 27.7 Å². The minimum atomic E-state index is -1.26. The van der Waals surface area contributed by atoms with Crippen LogP contribution < -0.4 is 5.32 Å². The van der Waals surface area contributed by atoms with Crippen molar-refractivity contribution in [2.45, 2.75) is 64.7 Å². The molecule has 1 saturated carbocycles. The predicted molar refractivity (Wildman–Crippen MR) is 161 cm³/mol. The molecule has 1 aliphatic carbocycles. The Balaban J connectivity index is 1.27. The molecule has 0 radical (unpaired) electrons. The number of benzene rings is 3. The normalized spacial score (nSPS) is 15.3. The Morgan fingerprint density at radius 2 is 1.77 bits per heavy atom. The maximum absolute atomic E-state index is 13.4. The van der Waals surface area contributed by atoms with Crippen LogP contribution in [0.15, 0.2) is 81.7 Å². The summed E-state index contributed by atoms with van der Waals surface area (Å²) >= 11 is 0.